The molecule has 1 N–H and O–H groups in total. The minimum Gasteiger partial charge on any atom is -0.360 e. The van der Waals surface area contributed by atoms with Crippen LogP contribution < -0.4 is 5.32 Å². The first-order valence-corrected chi connectivity index (χ1v) is 11.3. The standard InChI is InChI=1S/C25H25N5O4/c1-14-4-6-17(7-5-14)20-13-19(22-16(3)28-34-24(22)26-20)25(32)30-10-8-18(9-11-30)23(31)27-21-12-15(2)33-29-21/h4-7,12-13,18H,8-11H2,1-3H3,(H,27,29,31). The van der Waals surface area contributed by atoms with Crippen molar-refractivity contribution in [2.24, 2.45) is 5.92 Å². The summed E-state index contributed by atoms with van der Waals surface area (Å²) in [6, 6.07) is 11.4. The Balaban J connectivity index is 1.35. The zero-order valence-corrected chi connectivity index (χ0v) is 19.3. The average Bonchev–Trinajstić information content (AvgIpc) is 3.43. The molecule has 0 unspecified atom stereocenters. The van der Waals surface area contributed by atoms with Gasteiger partial charge in [-0.15, -0.1) is 0 Å². The predicted molar refractivity (Wildman–Crippen MR) is 125 cm³/mol. The summed E-state index contributed by atoms with van der Waals surface area (Å²) in [7, 11) is 0. The molecule has 34 heavy (non-hydrogen) atoms. The third-order valence-electron chi connectivity index (χ3n) is 6.23. The maximum absolute atomic E-state index is 13.6. The lowest BCUT2D eigenvalue weighted by Crippen LogP contribution is -2.41. The van der Waals surface area contributed by atoms with E-state index in [2.05, 4.69) is 20.6 Å². The molecule has 0 aliphatic carbocycles. The van der Waals surface area contributed by atoms with Gasteiger partial charge in [-0.2, -0.15) is 0 Å². The van der Waals surface area contributed by atoms with Crippen LogP contribution in [-0.4, -0.2) is 45.1 Å². The molecule has 174 valence electrons. The van der Waals surface area contributed by atoms with Crippen molar-refractivity contribution in [3.05, 3.63) is 59.0 Å². The number of anilines is 1. The number of rotatable bonds is 4. The van der Waals surface area contributed by atoms with Crippen molar-refractivity contribution in [1.29, 1.82) is 0 Å². The van der Waals surface area contributed by atoms with Gasteiger partial charge in [0.05, 0.1) is 22.3 Å². The molecule has 1 aliphatic rings. The van der Waals surface area contributed by atoms with Crippen LogP contribution >= 0.6 is 0 Å². The quantitative estimate of drug-likeness (QED) is 0.484. The molecule has 1 fully saturated rings. The zero-order chi connectivity index (χ0) is 23.8. The van der Waals surface area contributed by atoms with Gasteiger partial charge in [0, 0.05) is 30.6 Å². The summed E-state index contributed by atoms with van der Waals surface area (Å²) in [6.45, 7) is 6.54. The number of carbonyl (C=O) groups excluding carboxylic acids is 2. The summed E-state index contributed by atoms with van der Waals surface area (Å²) < 4.78 is 10.4. The third-order valence-corrected chi connectivity index (χ3v) is 6.23. The summed E-state index contributed by atoms with van der Waals surface area (Å²) in [5.74, 6) is 0.625. The molecule has 9 nitrogen and oxygen atoms in total. The van der Waals surface area contributed by atoms with Gasteiger partial charge in [-0.3, -0.25) is 9.59 Å². The Kier molecular flexibility index (Phi) is 5.61. The molecule has 1 saturated heterocycles. The summed E-state index contributed by atoms with van der Waals surface area (Å²) in [4.78, 5) is 32.6. The second kappa shape index (κ2) is 8.74. The van der Waals surface area contributed by atoms with Gasteiger partial charge in [-0.25, -0.2) is 4.98 Å². The van der Waals surface area contributed by atoms with E-state index in [9.17, 15) is 9.59 Å². The second-order valence-corrected chi connectivity index (χ2v) is 8.75. The molecule has 3 aromatic heterocycles. The van der Waals surface area contributed by atoms with Crippen LogP contribution in [-0.2, 0) is 4.79 Å². The van der Waals surface area contributed by atoms with E-state index >= 15 is 0 Å². The van der Waals surface area contributed by atoms with Crippen LogP contribution in [0.2, 0.25) is 0 Å². The highest BCUT2D eigenvalue weighted by Gasteiger charge is 2.30. The fraction of sp³-hybridized carbons (Fsp3) is 0.320. The molecular weight excluding hydrogens is 434 g/mol. The molecule has 4 aromatic rings. The van der Waals surface area contributed by atoms with Crippen LogP contribution in [0.5, 0.6) is 0 Å². The molecule has 1 aliphatic heterocycles. The molecule has 4 heterocycles. The van der Waals surface area contributed by atoms with Crippen molar-refractivity contribution in [3.8, 4) is 11.3 Å². The van der Waals surface area contributed by atoms with Crippen LogP contribution in [0, 0.1) is 26.7 Å². The zero-order valence-electron chi connectivity index (χ0n) is 19.3. The van der Waals surface area contributed by atoms with Crippen molar-refractivity contribution in [3.63, 3.8) is 0 Å². The maximum Gasteiger partial charge on any atom is 0.259 e. The largest absolute Gasteiger partial charge is 0.360 e. The third kappa shape index (κ3) is 4.16. The average molecular weight is 460 g/mol. The highest BCUT2D eigenvalue weighted by molar-refractivity contribution is 6.07. The highest BCUT2D eigenvalue weighted by atomic mass is 16.5. The minimum atomic E-state index is -0.195. The summed E-state index contributed by atoms with van der Waals surface area (Å²) in [5, 5.41) is 11.3. The Bertz CT molecular complexity index is 1360. The number of aryl methyl sites for hydroxylation is 3. The SMILES string of the molecule is Cc1ccc(-c2cc(C(=O)N3CCC(C(=O)Nc4cc(C)on4)CC3)c3c(C)noc3n2)cc1. The van der Waals surface area contributed by atoms with E-state index in [-0.39, 0.29) is 17.7 Å². The van der Waals surface area contributed by atoms with Gasteiger partial charge in [0.25, 0.3) is 11.6 Å². The van der Waals surface area contributed by atoms with E-state index in [4.69, 9.17) is 9.05 Å². The predicted octanol–water partition coefficient (Wildman–Crippen LogP) is 4.29. The number of fused-ring (bicyclic) bond motifs is 1. The normalized spacial score (nSPS) is 14.5. The van der Waals surface area contributed by atoms with Crippen LogP contribution in [0.1, 0.15) is 40.2 Å². The van der Waals surface area contributed by atoms with E-state index in [0.29, 0.717) is 65.6 Å². The Morgan fingerprint density at radius 2 is 1.74 bits per heavy atom. The van der Waals surface area contributed by atoms with Gasteiger partial charge < -0.3 is 19.3 Å². The number of pyridine rings is 1. The maximum atomic E-state index is 13.6. The lowest BCUT2D eigenvalue weighted by Gasteiger charge is -2.31. The highest BCUT2D eigenvalue weighted by Crippen LogP contribution is 2.29. The van der Waals surface area contributed by atoms with Crippen molar-refractivity contribution in [1.82, 2.24) is 20.2 Å². The Labute approximate surface area is 196 Å². The van der Waals surface area contributed by atoms with Crippen molar-refractivity contribution in [2.75, 3.05) is 18.4 Å². The van der Waals surface area contributed by atoms with Gasteiger partial charge in [0.15, 0.2) is 5.82 Å². The van der Waals surface area contributed by atoms with E-state index in [1.165, 1.54) is 0 Å². The van der Waals surface area contributed by atoms with Crippen molar-refractivity contribution < 1.29 is 18.6 Å². The van der Waals surface area contributed by atoms with Gasteiger partial charge >= 0.3 is 0 Å². The number of nitrogens with zero attached hydrogens (tertiary/aromatic N) is 4. The molecule has 2 amide bonds. The molecule has 0 spiro atoms. The smallest absolute Gasteiger partial charge is 0.259 e. The van der Waals surface area contributed by atoms with E-state index in [1.807, 2.05) is 37.3 Å². The monoisotopic (exact) mass is 459 g/mol. The minimum absolute atomic E-state index is 0.108. The molecule has 0 saturated carbocycles. The van der Waals surface area contributed by atoms with Crippen molar-refractivity contribution >= 4 is 28.7 Å². The molecule has 0 radical (unpaired) electrons. The number of nitrogens with one attached hydrogen (secondary N) is 1. The number of benzene rings is 1. The van der Waals surface area contributed by atoms with Crippen molar-refractivity contribution in [2.45, 2.75) is 33.6 Å². The number of likely N-dealkylation sites (tertiary alicyclic amines) is 1. The van der Waals surface area contributed by atoms with E-state index in [0.717, 1.165) is 11.1 Å². The lowest BCUT2D eigenvalue weighted by atomic mass is 9.95. The Morgan fingerprint density at radius 1 is 1.00 bits per heavy atom. The van der Waals surface area contributed by atoms with Crippen LogP contribution in [0.15, 0.2) is 45.4 Å². The first kappa shape index (κ1) is 21.8. The summed E-state index contributed by atoms with van der Waals surface area (Å²) in [5.41, 5.74) is 4.18. The first-order valence-electron chi connectivity index (χ1n) is 11.3. The molecule has 0 bridgehead atoms. The number of aromatic nitrogens is 3. The second-order valence-electron chi connectivity index (χ2n) is 8.75. The fourth-order valence-electron chi connectivity index (χ4n) is 4.30. The van der Waals surface area contributed by atoms with Crippen LogP contribution in [0.3, 0.4) is 0 Å². The van der Waals surface area contributed by atoms with Gasteiger partial charge in [-0.1, -0.05) is 40.1 Å². The molecule has 0 atom stereocenters. The number of piperidine rings is 1. The molecule has 1 aromatic carbocycles. The Hall–Kier alpha value is -4.01. The van der Waals surface area contributed by atoms with E-state index < -0.39 is 0 Å². The van der Waals surface area contributed by atoms with Gasteiger partial charge in [-0.05, 0) is 39.7 Å². The molecular formula is C25H25N5O4. The molecule has 5 rings (SSSR count). The Morgan fingerprint density at radius 3 is 2.41 bits per heavy atom. The topological polar surface area (TPSA) is 114 Å². The summed E-state index contributed by atoms with van der Waals surface area (Å²) >= 11 is 0. The van der Waals surface area contributed by atoms with Crippen LogP contribution in [0.25, 0.3) is 22.4 Å². The van der Waals surface area contributed by atoms with Gasteiger partial charge in [0.1, 0.15) is 5.76 Å². The van der Waals surface area contributed by atoms with Gasteiger partial charge in [0.2, 0.25) is 5.91 Å². The first-order chi connectivity index (χ1) is 16.4. The fourth-order valence-corrected chi connectivity index (χ4v) is 4.30. The van der Waals surface area contributed by atoms with Crippen LogP contribution in [0.4, 0.5) is 5.82 Å². The number of carbonyl (C=O) groups is 2. The number of hydrogen-bond acceptors (Lipinski definition) is 7. The molecule has 9 heteroatoms. The number of hydrogen-bond donors (Lipinski definition) is 1. The number of amides is 2. The summed E-state index contributed by atoms with van der Waals surface area (Å²) in [6.07, 6.45) is 1.13. The van der Waals surface area contributed by atoms with E-state index in [1.54, 1.807) is 24.8 Å². The lowest BCUT2D eigenvalue weighted by molar-refractivity contribution is -0.121.